The lowest BCUT2D eigenvalue weighted by Crippen LogP contribution is -2.25. The second-order valence-electron chi connectivity index (χ2n) is 7.36. The molecule has 4 nitrogen and oxygen atoms in total. The van der Waals surface area contributed by atoms with Crippen LogP contribution in [0, 0.1) is 11.8 Å². The highest BCUT2D eigenvalue weighted by atomic mass is 19.4. The maximum Gasteiger partial charge on any atom is 0.416 e. The van der Waals surface area contributed by atoms with Crippen molar-refractivity contribution < 1.29 is 23.1 Å². The van der Waals surface area contributed by atoms with Gasteiger partial charge in [0.05, 0.1) is 5.56 Å². The monoisotopic (exact) mass is 376 g/mol. The van der Waals surface area contributed by atoms with E-state index in [4.69, 9.17) is 0 Å². The number of pyridine rings is 1. The van der Waals surface area contributed by atoms with E-state index in [1.165, 1.54) is 12.1 Å². The Morgan fingerprint density at radius 2 is 1.74 bits per heavy atom. The third kappa shape index (κ3) is 3.26. The van der Waals surface area contributed by atoms with Crippen molar-refractivity contribution in [3.63, 3.8) is 0 Å². The summed E-state index contributed by atoms with van der Waals surface area (Å²) in [6.07, 6.45) is -1.41. The highest BCUT2D eigenvalue weighted by Crippen LogP contribution is 2.49. The van der Waals surface area contributed by atoms with Crippen molar-refractivity contribution in [3.8, 4) is 0 Å². The van der Waals surface area contributed by atoms with Crippen LogP contribution in [0.15, 0.2) is 42.6 Å². The number of benzene rings is 1. The molecule has 1 N–H and O–H groups in total. The van der Waals surface area contributed by atoms with Crippen molar-refractivity contribution in [1.82, 2.24) is 4.98 Å². The molecule has 1 saturated carbocycles. The maximum atomic E-state index is 13.3. The van der Waals surface area contributed by atoms with Crippen LogP contribution < -0.4 is 4.90 Å². The van der Waals surface area contributed by atoms with Crippen LogP contribution in [0.5, 0.6) is 0 Å². The van der Waals surface area contributed by atoms with Crippen LogP contribution in [-0.2, 0) is 6.18 Å². The molecular weight excluding hydrogens is 357 g/mol. The summed E-state index contributed by atoms with van der Waals surface area (Å²) in [7, 11) is 0. The lowest BCUT2D eigenvalue weighted by atomic mass is 9.91. The van der Waals surface area contributed by atoms with E-state index in [9.17, 15) is 23.1 Å². The highest BCUT2D eigenvalue weighted by molar-refractivity contribution is 5.93. The molecule has 142 valence electrons. The molecule has 7 heteroatoms. The summed E-state index contributed by atoms with van der Waals surface area (Å²) in [5.41, 5.74) is 0.0103. The zero-order valence-electron chi connectivity index (χ0n) is 14.5. The summed E-state index contributed by atoms with van der Waals surface area (Å²) >= 11 is 0. The predicted octanol–water partition coefficient (Wildman–Crippen LogP) is 4.43. The van der Waals surface area contributed by atoms with E-state index < -0.39 is 17.7 Å². The molecule has 0 bridgehead atoms. The number of fused-ring (bicyclic) bond motifs is 1. The molecule has 0 radical (unpaired) electrons. The Hall–Kier alpha value is -2.57. The number of carboxylic acid groups (broad SMARTS) is 1. The SMILES string of the molecule is O=C(O)c1cccnc1N1CC2CC(c3ccccc3C(F)(F)F)C[C@@H]2C1. The number of nitrogens with zero attached hydrogens (tertiary/aromatic N) is 2. The molecule has 2 heterocycles. The van der Waals surface area contributed by atoms with Gasteiger partial charge in [0, 0.05) is 19.3 Å². The summed E-state index contributed by atoms with van der Waals surface area (Å²) in [4.78, 5) is 17.6. The van der Waals surface area contributed by atoms with Gasteiger partial charge in [-0.2, -0.15) is 13.2 Å². The second-order valence-corrected chi connectivity index (χ2v) is 7.36. The first-order valence-corrected chi connectivity index (χ1v) is 8.94. The smallest absolute Gasteiger partial charge is 0.416 e. The molecule has 0 amide bonds. The number of hydrogen-bond donors (Lipinski definition) is 1. The van der Waals surface area contributed by atoms with E-state index in [0.717, 1.165) is 6.07 Å². The fourth-order valence-corrected chi connectivity index (χ4v) is 4.65. The summed E-state index contributed by atoms with van der Waals surface area (Å²) in [5.74, 6) is -0.179. The largest absolute Gasteiger partial charge is 0.478 e. The molecule has 2 aliphatic rings. The van der Waals surface area contributed by atoms with E-state index in [0.29, 0.717) is 37.3 Å². The van der Waals surface area contributed by atoms with Gasteiger partial charge in [0.2, 0.25) is 0 Å². The average molecular weight is 376 g/mol. The number of anilines is 1. The Labute approximate surface area is 154 Å². The summed E-state index contributed by atoms with van der Waals surface area (Å²) < 4.78 is 40.0. The Kier molecular flexibility index (Phi) is 4.32. The van der Waals surface area contributed by atoms with Gasteiger partial charge < -0.3 is 10.0 Å². The first kappa shape index (κ1) is 17.8. The fraction of sp³-hybridized carbons (Fsp3) is 0.400. The van der Waals surface area contributed by atoms with E-state index >= 15 is 0 Å². The van der Waals surface area contributed by atoms with Gasteiger partial charge in [-0.1, -0.05) is 18.2 Å². The standard InChI is InChI=1S/C20H19F3N2O2/c21-20(22,23)17-6-2-1-4-15(17)12-8-13-10-25(11-14(13)9-12)18-16(19(26)27)5-3-7-24-18/h1-7,12-14H,8-11H2,(H,26,27)/t12?,13-,14?/m1/s1. The van der Waals surface area contributed by atoms with Crippen LogP contribution >= 0.6 is 0 Å². The number of alkyl halides is 3. The predicted molar refractivity (Wildman–Crippen MR) is 93.8 cm³/mol. The Morgan fingerprint density at radius 1 is 1.07 bits per heavy atom. The summed E-state index contributed by atoms with van der Waals surface area (Å²) in [6.45, 7) is 1.26. The number of rotatable bonds is 3. The first-order chi connectivity index (χ1) is 12.8. The molecule has 1 aromatic heterocycles. The minimum atomic E-state index is -4.34. The third-order valence-corrected chi connectivity index (χ3v) is 5.77. The molecule has 2 aromatic rings. The highest BCUT2D eigenvalue weighted by Gasteiger charge is 2.44. The molecule has 4 rings (SSSR count). The molecule has 0 spiro atoms. The van der Waals surface area contributed by atoms with Crippen LogP contribution in [0.1, 0.15) is 40.2 Å². The molecule has 1 aliphatic heterocycles. The summed E-state index contributed by atoms with van der Waals surface area (Å²) in [6, 6.07) is 8.96. The third-order valence-electron chi connectivity index (χ3n) is 5.77. The van der Waals surface area contributed by atoms with E-state index in [2.05, 4.69) is 4.98 Å². The van der Waals surface area contributed by atoms with Crippen LogP contribution in [0.2, 0.25) is 0 Å². The molecule has 1 aromatic carbocycles. The Morgan fingerprint density at radius 3 is 2.37 bits per heavy atom. The number of hydrogen-bond acceptors (Lipinski definition) is 3. The van der Waals surface area contributed by atoms with Crippen LogP contribution in [0.25, 0.3) is 0 Å². The van der Waals surface area contributed by atoms with Gasteiger partial charge in [0.1, 0.15) is 11.4 Å². The molecule has 2 fully saturated rings. The van der Waals surface area contributed by atoms with E-state index in [-0.39, 0.29) is 23.3 Å². The van der Waals surface area contributed by atoms with Gasteiger partial charge in [-0.15, -0.1) is 0 Å². The molecular formula is C20H19F3N2O2. The summed E-state index contributed by atoms with van der Waals surface area (Å²) in [5, 5.41) is 9.35. The molecule has 1 aliphatic carbocycles. The number of aromatic carboxylic acids is 1. The van der Waals surface area contributed by atoms with Crippen molar-refractivity contribution in [2.45, 2.75) is 24.9 Å². The van der Waals surface area contributed by atoms with Gasteiger partial charge in [0.25, 0.3) is 0 Å². The minimum absolute atomic E-state index is 0.109. The van der Waals surface area contributed by atoms with E-state index in [1.807, 2.05) is 4.90 Å². The van der Waals surface area contributed by atoms with Crippen LogP contribution in [0.4, 0.5) is 19.0 Å². The number of carboxylic acids is 1. The topological polar surface area (TPSA) is 53.4 Å². The van der Waals surface area contributed by atoms with Crippen molar-refractivity contribution >= 4 is 11.8 Å². The number of carbonyl (C=O) groups is 1. The Bertz CT molecular complexity index is 854. The quantitative estimate of drug-likeness (QED) is 0.861. The van der Waals surface area contributed by atoms with Crippen molar-refractivity contribution in [1.29, 1.82) is 0 Å². The van der Waals surface area contributed by atoms with Crippen LogP contribution in [0.3, 0.4) is 0 Å². The zero-order valence-corrected chi connectivity index (χ0v) is 14.5. The van der Waals surface area contributed by atoms with Gasteiger partial charge in [-0.25, -0.2) is 9.78 Å². The molecule has 2 unspecified atom stereocenters. The lowest BCUT2D eigenvalue weighted by Gasteiger charge is -2.23. The lowest BCUT2D eigenvalue weighted by molar-refractivity contribution is -0.138. The fourth-order valence-electron chi connectivity index (χ4n) is 4.65. The zero-order chi connectivity index (χ0) is 19.2. The van der Waals surface area contributed by atoms with Crippen molar-refractivity contribution in [2.24, 2.45) is 11.8 Å². The van der Waals surface area contributed by atoms with Gasteiger partial charge in [-0.05, 0) is 54.4 Å². The number of aromatic nitrogens is 1. The molecule has 3 atom stereocenters. The normalized spacial score (nSPS) is 24.9. The van der Waals surface area contributed by atoms with E-state index in [1.54, 1.807) is 24.4 Å². The van der Waals surface area contributed by atoms with Crippen molar-refractivity contribution in [3.05, 3.63) is 59.3 Å². The first-order valence-electron chi connectivity index (χ1n) is 8.94. The van der Waals surface area contributed by atoms with Gasteiger partial charge in [-0.3, -0.25) is 0 Å². The maximum absolute atomic E-state index is 13.3. The van der Waals surface area contributed by atoms with Gasteiger partial charge >= 0.3 is 12.1 Å². The van der Waals surface area contributed by atoms with Crippen LogP contribution in [-0.4, -0.2) is 29.1 Å². The second kappa shape index (κ2) is 6.55. The minimum Gasteiger partial charge on any atom is -0.478 e. The average Bonchev–Trinajstić information content (AvgIpc) is 3.20. The number of halogens is 3. The molecule has 1 saturated heterocycles. The van der Waals surface area contributed by atoms with Gasteiger partial charge in [0.15, 0.2) is 0 Å². The Balaban J connectivity index is 1.53. The molecule has 27 heavy (non-hydrogen) atoms. The van der Waals surface area contributed by atoms with Crippen molar-refractivity contribution in [2.75, 3.05) is 18.0 Å².